The van der Waals surface area contributed by atoms with Crippen LogP contribution in [0.15, 0.2) is 12.4 Å². The molecule has 0 saturated heterocycles. The maximum Gasteiger partial charge on any atom is 0.254 e. The summed E-state index contributed by atoms with van der Waals surface area (Å²) in [5.74, 6) is 0.186. The van der Waals surface area contributed by atoms with Crippen LogP contribution < -0.4 is 16.4 Å². The van der Waals surface area contributed by atoms with Gasteiger partial charge in [0.05, 0.1) is 11.8 Å². The van der Waals surface area contributed by atoms with Crippen molar-refractivity contribution in [1.29, 1.82) is 0 Å². The fraction of sp³-hybridized carbons (Fsp3) is 0.722. The van der Waals surface area contributed by atoms with E-state index in [2.05, 4.69) is 15.7 Å². The van der Waals surface area contributed by atoms with E-state index in [1.165, 1.54) is 30.1 Å². The molecule has 1 aromatic rings. The van der Waals surface area contributed by atoms with E-state index in [4.69, 9.17) is 5.73 Å². The van der Waals surface area contributed by atoms with E-state index in [9.17, 15) is 9.59 Å². The molecular formula is C18H30ClN5O2. The highest BCUT2D eigenvalue weighted by molar-refractivity contribution is 5.94. The average Bonchev–Trinajstić information content (AvgIpc) is 3.24. The van der Waals surface area contributed by atoms with Crippen LogP contribution >= 0.6 is 12.4 Å². The molecule has 2 unspecified atom stereocenters. The number of halogens is 1. The van der Waals surface area contributed by atoms with Gasteiger partial charge in [0.15, 0.2) is 0 Å². The Kier molecular flexibility index (Phi) is 7.90. The number of rotatable bonds is 6. The number of amides is 2. The van der Waals surface area contributed by atoms with Crippen LogP contribution in [0.25, 0.3) is 0 Å². The summed E-state index contributed by atoms with van der Waals surface area (Å²) in [6, 6.07) is 0.436. The molecule has 26 heavy (non-hydrogen) atoms. The summed E-state index contributed by atoms with van der Waals surface area (Å²) < 4.78 is 1.53. The summed E-state index contributed by atoms with van der Waals surface area (Å²) >= 11 is 0. The van der Waals surface area contributed by atoms with Crippen LogP contribution in [0.5, 0.6) is 0 Å². The van der Waals surface area contributed by atoms with E-state index in [0.29, 0.717) is 18.0 Å². The summed E-state index contributed by atoms with van der Waals surface area (Å²) in [4.78, 5) is 24.5. The fourth-order valence-corrected chi connectivity index (χ4v) is 4.00. The van der Waals surface area contributed by atoms with Crippen LogP contribution in [0.3, 0.4) is 0 Å². The summed E-state index contributed by atoms with van der Waals surface area (Å²) in [5.41, 5.74) is 6.26. The highest BCUT2D eigenvalue weighted by Gasteiger charge is 2.28. The first-order chi connectivity index (χ1) is 12.2. The second kappa shape index (κ2) is 9.92. The largest absolute Gasteiger partial charge is 0.352 e. The van der Waals surface area contributed by atoms with Crippen molar-refractivity contribution in [1.82, 2.24) is 20.4 Å². The molecule has 0 aliphatic heterocycles. The van der Waals surface area contributed by atoms with Gasteiger partial charge in [0.25, 0.3) is 5.91 Å². The van der Waals surface area contributed by atoms with Crippen molar-refractivity contribution in [2.24, 2.45) is 11.7 Å². The normalized spacial score (nSPS) is 23.3. The van der Waals surface area contributed by atoms with Gasteiger partial charge in [-0.25, -0.2) is 0 Å². The van der Waals surface area contributed by atoms with Gasteiger partial charge in [0.2, 0.25) is 5.91 Å². The van der Waals surface area contributed by atoms with Crippen molar-refractivity contribution in [2.45, 2.75) is 70.0 Å². The number of carbonyl (C=O) groups is 2. The topological polar surface area (TPSA) is 102 Å². The lowest BCUT2D eigenvalue weighted by atomic mass is 9.95. The number of nitrogens with zero attached hydrogens (tertiary/aromatic N) is 2. The molecule has 0 aromatic carbocycles. The van der Waals surface area contributed by atoms with Gasteiger partial charge in [-0.3, -0.25) is 14.3 Å². The third-order valence-electron chi connectivity index (χ3n) is 5.45. The fourth-order valence-electron chi connectivity index (χ4n) is 4.00. The second-order valence-corrected chi connectivity index (χ2v) is 7.34. The zero-order valence-electron chi connectivity index (χ0n) is 15.2. The maximum atomic E-state index is 12.4. The lowest BCUT2D eigenvalue weighted by Crippen LogP contribution is -2.39. The Bertz CT molecular complexity index is 600. The molecule has 7 nitrogen and oxygen atoms in total. The lowest BCUT2D eigenvalue weighted by molar-refractivity contribution is -0.122. The van der Waals surface area contributed by atoms with E-state index in [1.54, 1.807) is 6.20 Å². The standard InChI is InChI=1S/C18H29N5O2.ClH/c19-9-13-5-4-8-16(13)22-18(25)14-10-20-23(11-14)12-17(24)21-15-6-2-1-3-7-15;/h10-11,13,15-16H,1-9,12,19H2,(H,21,24)(H,22,25);1H. The maximum absolute atomic E-state index is 12.4. The Labute approximate surface area is 160 Å². The van der Waals surface area contributed by atoms with Crippen molar-refractivity contribution < 1.29 is 9.59 Å². The molecule has 3 rings (SSSR count). The highest BCUT2D eigenvalue weighted by atomic mass is 35.5. The third-order valence-corrected chi connectivity index (χ3v) is 5.45. The zero-order chi connectivity index (χ0) is 17.6. The van der Waals surface area contributed by atoms with Gasteiger partial charge in [-0.2, -0.15) is 5.10 Å². The first-order valence-electron chi connectivity index (χ1n) is 9.48. The smallest absolute Gasteiger partial charge is 0.254 e. The van der Waals surface area contributed by atoms with Crippen LogP contribution in [0, 0.1) is 5.92 Å². The molecular weight excluding hydrogens is 354 g/mol. The van der Waals surface area contributed by atoms with Gasteiger partial charge in [-0.1, -0.05) is 25.7 Å². The number of nitrogens with two attached hydrogens (primary N) is 1. The number of hydrogen-bond acceptors (Lipinski definition) is 4. The van der Waals surface area contributed by atoms with Crippen LogP contribution in [0.1, 0.15) is 61.7 Å². The van der Waals surface area contributed by atoms with Gasteiger partial charge < -0.3 is 16.4 Å². The lowest BCUT2D eigenvalue weighted by Gasteiger charge is -2.22. The summed E-state index contributed by atoms with van der Waals surface area (Å²) in [7, 11) is 0. The van der Waals surface area contributed by atoms with Crippen LogP contribution in [0.4, 0.5) is 0 Å². The Balaban J connectivity index is 0.00000243. The first kappa shape index (κ1) is 20.7. The molecule has 1 heterocycles. The van der Waals surface area contributed by atoms with E-state index >= 15 is 0 Å². The molecule has 2 aliphatic carbocycles. The van der Waals surface area contributed by atoms with Gasteiger partial charge in [0, 0.05) is 18.3 Å². The van der Waals surface area contributed by atoms with Crippen molar-refractivity contribution in [3.8, 4) is 0 Å². The minimum atomic E-state index is -0.135. The Morgan fingerprint density at radius 1 is 1.12 bits per heavy atom. The van der Waals surface area contributed by atoms with E-state index < -0.39 is 0 Å². The molecule has 0 spiro atoms. The highest BCUT2D eigenvalue weighted by Crippen LogP contribution is 2.24. The van der Waals surface area contributed by atoms with Gasteiger partial charge in [0.1, 0.15) is 6.54 Å². The average molecular weight is 384 g/mol. The van der Waals surface area contributed by atoms with Gasteiger partial charge in [-0.05, 0) is 38.1 Å². The van der Waals surface area contributed by atoms with Gasteiger partial charge in [-0.15, -0.1) is 12.4 Å². The number of aromatic nitrogens is 2. The number of carbonyl (C=O) groups excluding carboxylic acids is 2. The van der Waals surface area contributed by atoms with E-state index in [1.807, 2.05) is 0 Å². The molecule has 0 radical (unpaired) electrons. The Hall–Kier alpha value is -1.60. The third kappa shape index (κ3) is 5.45. The molecule has 2 saturated carbocycles. The minimum absolute atomic E-state index is 0. The molecule has 2 atom stereocenters. The predicted octanol–water partition coefficient (Wildman–Crippen LogP) is 1.61. The van der Waals surface area contributed by atoms with Crippen LogP contribution in [-0.4, -0.2) is 40.2 Å². The van der Waals surface area contributed by atoms with Gasteiger partial charge >= 0.3 is 0 Å². The zero-order valence-corrected chi connectivity index (χ0v) is 16.0. The monoisotopic (exact) mass is 383 g/mol. The molecule has 8 heteroatoms. The number of nitrogens with one attached hydrogen (secondary N) is 2. The van der Waals surface area contributed by atoms with Crippen LogP contribution in [-0.2, 0) is 11.3 Å². The molecule has 0 bridgehead atoms. The summed E-state index contributed by atoms with van der Waals surface area (Å²) in [6.07, 6.45) is 12.1. The number of hydrogen-bond donors (Lipinski definition) is 3. The van der Waals surface area contributed by atoms with Crippen molar-refractivity contribution in [3.63, 3.8) is 0 Å². The molecule has 2 aliphatic rings. The SMILES string of the molecule is Cl.NCC1CCCC1NC(=O)c1cnn(CC(=O)NC2CCCCC2)c1. The second-order valence-electron chi connectivity index (χ2n) is 7.34. The molecule has 2 fully saturated rings. The first-order valence-corrected chi connectivity index (χ1v) is 9.48. The van der Waals surface area contributed by atoms with E-state index in [0.717, 1.165) is 32.1 Å². The quantitative estimate of drug-likeness (QED) is 0.694. The minimum Gasteiger partial charge on any atom is -0.352 e. The molecule has 146 valence electrons. The van der Waals surface area contributed by atoms with Crippen molar-refractivity contribution >= 4 is 24.2 Å². The predicted molar refractivity (Wildman–Crippen MR) is 102 cm³/mol. The van der Waals surface area contributed by atoms with Crippen LogP contribution in [0.2, 0.25) is 0 Å². The Morgan fingerprint density at radius 2 is 1.88 bits per heavy atom. The summed E-state index contributed by atoms with van der Waals surface area (Å²) in [6.45, 7) is 0.754. The Morgan fingerprint density at radius 3 is 2.62 bits per heavy atom. The van der Waals surface area contributed by atoms with E-state index in [-0.39, 0.29) is 42.8 Å². The van der Waals surface area contributed by atoms with Crippen molar-refractivity contribution in [2.75, 3.05) is 6.54 Å². The molecule has 4 N–H and O–H groups in total. The summed E-state index contributed by atoms with van der Waals surface area (Å²) in [5, 5.41) is 10.3. The van der Waals surface area contributed by atoms with Crippen molar-refractivity contribution in [3.05, 3.63) is 18.0 Å². The molecule has 2 amide bonds. The molecule has 1 aromatic heterocycles.